The van der Waals surface area contributed by atoms with Crippen LogP contribution in [0.3, 0.4) is 0 Å². The first-order valence-electron chi connectivity index (χ1n) is 5.25. The molecule has 1 heterocycles. The summed E-state index contributed by atoms with van der Waals surface area (Å²) in [6, 6.07) is 6.98. The van der Waals surface area contributed by atoms with E-state index < -0.39 is 0 Å². The number of nitrogens with zero attached hydrogens (tertiary/aromatic N) is 1. The van der Waals surface area contributed by atoms with Crippen molar-refractivity contribution in [1.82, 2.24) is 4.98 Å². The third-order valence-electron chi connectivity index (χ3n) is 2.33. The van der Waals surface area contributed by atoms with Gasteiger partial charge in [-0.2, -0.15) is 0 Å². The Labute approximate surface area is 109 Å². The summed E-state index contributed by atoms with van der Waals surface area (Å²) >= 11 is 5.87. The van der Waals surface area contributed by atoms with Crippen LogP contribution in [0.15, 0.2) is 36.5 Å². The minimum Gasteiger partial charge on any atom is -0.319 e. The Morgan fingerprint density at radius 2 is 2.00 bits per heavy atom. The van der Waals surface area contributed by atoms with Crippen LogP contribution >= 0.6 is 11.6 Å². The van der Waals surface area contributed by atoms with Crippen molar-refractivity contribution in [3.8, 4) is 0 Å². The lowest BCUT2D eigenvalue weighted by atomic mass is 10.2. The van der Waals surface area contributed by atoms with E-state index >= 15 is 0 Å². The van der Waals surface area contributed by atoms with Gasteiger partial charge in [-0.05, 0) is 42.8 Å². The highest BCUT2D eigenvalue weighted by Crippen LogP contribution is 2.20. The van der Waals surface area contributed by atoms with Crippen molar-refractivity contribution in [2.24, 2.45) is 0 Å². The lowest BCUT2D eigenvalue weighted by Crippen LogP contribution is -2.12. The van der Waals surface area contributed by atoms with Crippen molar-refractivity contribution in [2.45, 2.75) is 6.92 Å². The lowest BCUT2D eigenvalue weighted by Gasteiger charge is -2.07. The van der Waals surface area contributed by atoms with E-state index in [1.54, 1.807) is 12.3 Å². The molecule has 1 aromatic carbocycles. The Balaban J connectivity index is 2.21. The van der Waals surface area contributed by atoms with Gasteiger partial charge in [-0.25, -0.2) is 9.37 Å². The van der Waals surface area contributed by atoms with Crippen molar-refractivity contribution in [1.29, 1.82) is 0 Å². The standard InChI is InChI=1S/C13H10ClFN2O/c1-8-6-11(12(14)16-7-8)17-13(18)9-2-4-10(15)5-3-9/h2-7H,1H3,(H,17,18). The molecule has 5 heteroatoms. The highest BCUT2D eigenvalue weighted by atomic mass is 35.5. The first-order valence-corrected chi connectivity index (χ1v) is 5.63. The molecule has 0 radical (unpaired) electrons. The summed E-state index contributed by atoms with van der Waals surface area (Å²) in [5.74, 6) is -0.744. The molecule has 0 saturated carbocycles. The van der Waals surface area contributed by atoms with Gasteiger partial charge in [-0.15, -0.1) is 0 Å². The number of amides is 1. The van der Waals surface area contributed by atoms with E-state index in [0.29, 0.717) is 11.3 Å². The number of anilines is 1. The van der Waals surface area contributed by atoms with E-state index in [-0.39, 0.29) is 16.9 Å². The molecule has 18 heavy (non-hydrogen) atoms. The van der Waals surface area contributed by atoms with Crippen LogP contribution in [-0.2, 0) is 0 Å². The number of nitrogens with one attached hydrogen (secondary N) is 1. The first-order chi connectivity index (χ1) is 8.56. The highest BCUT2D eigenvalue weighted by molar-refractivity contribution is 6.32. The van der Waals surface area contributed by atoms with E-state index in [0.717, 1.165) is 5.56 Å². The number of benzene rings is 1. The van der Waals surface area contributed by atoms with Gasteiger partial charge in [0.05, 0.1) is 5.69 Å². The molecular weight excluding hydrogens is 255 g/mol. The number of hydrogen-bond acceptors (Lipinski definition) is 2. The number of carbonyl (C=O) groups is 1. The Hall–Kier alpha value is -1.94. The Bertz CT molecular complexity index is 584. The van der Waals surface area contributed by atoms with Crippen LogP contribution in [0.25, 0.3) is 0 Å². The second-order valence-electron chi connectivity index (χ2n) is 3.81. The highest BCUT2D eigenvalue weighted by Gasteiger charge is 2.09. The quantitative estimate of drug-likeness (QED) is 0.845. The summed E-state index contributed by atoms with van der Waals surface area (Å²) in [5.41, 5.74) is 1.67. The van der Waals surface area contributed by atoms with Crippen LogP contribution in [0.1, 0.15) is 15.9 Å². The van der Waals surface area contributed by atoms with Crippen molar-refractivity contribution < 1.29 is 9.18 Å². The SMILES string of the molecule is Cc1cnc(Cl)c(NC(=O)c2ccc(F)cc2)c1. The number of aromatic nitrogens is 1. The Morgan fingerprint density at radius 1 is 1.33 bits per heavy atom. The first kappa shape index (κ1) is 12.5. The van der Waals surface area contributed by atoms with Gasteiger partial charge in [-0.1, -0.05) is 11.6 Å². The average Bonchev–Trinajstić information content (AvgIpc) is 2.34. The molecule has 0 saturated heterocycles. The maximum absolute atomic E-state index is 12.7. The summed E-state index contributed by atoms with van der Waals surface area (Å²) < 4.78 is 12.7. The predicted molar refractivity (Wildman–Crippen MR) is 68.3 cm³/mol. The molecule has 0 aliphatic carbocycles. The number of aryl methyl sites for hydroxylation is 1. The maximum atomic E-state index is 12.7. The molecule has 0 aliphatic rings. The van der Waals surface area contributed by atoms with Gasteiger partial charge < -0.3 is 5.32 Å². The third kappa shape index (κ3) is 2.84. The van der Waals surface area contributed by atoms with Gasteiger partial charge in [0.15, 0.2) is 5.15 Å². The van der Waals surface area contributed by atoms with Gasteiger partial charge in [0.2, 0.25) is 0 Å². The fourth-order valence-electron chi connectivity index (χ4n) is 1.44. The third-order valence-corrected chi connectivity index (χ3v) is 2.63. The molecule has 3 nitrogen and oxygen atoms in total. The summed E-state index contributed by atoms with van der Waals surface area (Å²) in [6.07, 6.45) is 1.61. The van der Waals surface area contributed by atoms with Crippen molar-refractivity contribution >= 4 is 23.2 Å². The van der Waals surface area contributed by atoms with E-state index in [1.807, 2.05) is 6.92 Å². The second kappa shape index (κ2) is 5.14. The van der Waals surface area contributed by atoms with Crippen molar-refractivity contribution in [2.75, 3.05) is 5.32 Å². The molecule has 0 fully saturated rings. The molecule has 0 atom stereocenters. The summed E-state index contributed by atoms with van der Waals surface area (Å²) in [5, 5.41) is 2.85. The zero-order valence-electron chi connectivity index (χ0n) is 9.58. The molecule has 2 aromatic rings. The fourth-order valence-corrected chi connectivity index (χ4v) is 1.59. The molecule has 0 spiro atoms. The maximum Gasteiger partial charge on any atom is 0.255 e. The van der Waals surface area contributed by atoms with E-state index in [1.165, 1.54) is 24.3 Å². The Kier molecular flexibility index (Phi) is 3.58. The fraction of sp³-hybridized carbons (Fsp3) is 0.0769. The summed E-state index contributed by atoms with van der Waals surface area (Å²) in [7, 11) is 0. The molecule has 92 valence electrons. The number of rotatable bonds is 2. The molecule has 0 aliphatic heterocycles. The van der Waals surface area contributed by atoms with E-state index in [9.17, 15) is 9.18 Å². The van der Waals surface area contributed by atoms with Crippen LogP contribution in [0.4, 0.5) is 10.1 Å². The number of hydrogen-bond donors (Lipinski definition) is 1. The van der Waals surface area contributed by atoms with Crippen molar-refractivity contribution in [3.63, 3.8) is 0 Å². The monoisotopic (exact) mass is 264 g/mol. The van der Waals surface area contributed by atoms with E-state index in [4.69, 9.17) is 11.6 Å². The molecule has 2 rings (SSSR count). The number of halogens is 2. The van der Waals surface area contributed by atoms with Gasteiger partial charge in [0.1, 0.15) is 5.82 Å². The molecule has 1 N–H and O–H groups in total. The zero-order chi connectivity index (χ0) is 13.1. The largest absolute Gasteiger partial charge is 0.319 e. The molecule has 0 bridgehead atoms. The molecule has 0 unspecified atom stereocenters. The van der Waals surface area contributed by atoms with E-state index in [2.05, 4.69) is 10.3 Å². The van der Waals surface area contributed by atoms with Crippen LogP contribution in [-0.4, -0.2) is 10.9 Å². The van der Waals surface area contributed by atoms with Crippen LogP contribution in [0.2, 0.25) is 5.15 Å². The second-order valence-corrected chi connectivity index (χ2v) is 4.17. The van der Waals surface area contributed by atoms with Gasteiger partial charge >= 0.3 is 0 Å². The zero-order valence-corrected chi connectivity index (χ0v) is 10.3. The van der Waals surface area contributed by atoms with Crippen molar-refractivity contribution in [3.05, 3.63) is 58.6 Å². The predicted octanol–water partition coefficient (Wildman–Crippen LogP) is 3.43. The minimum atomic E-state index is -0.387. The molecule has 1 aromatic heterocycles. The topological polar surface area (TPSA) is 42.0 Å². The van der Waals surface area contributed by atoms with Crippen LogP contribution in [0.5, 0.6) is 0 Å². The summed E-state index contributed by atoms with van der Waals surface area (Å²) in [4.78, 5) is 15.8. The smallest absolute Gasteiger partial charge is 0.255 e. The summed E-state index contributed by atoms with van der Waals surface area (Å²) in [6.45, 7) is 1.84. The minimum absolute atomic E-state index is 0.219. The number of carbonyl (C=O) groups excluding carboxylic acids is 1. The Morgan fingerprint density at radius 3 is 2.67 bits per heavy atom. The normalized spacial score (nSPS) is 10.2. The van der Waals surface area contributed by atoms with Gasteiger partial charge in [-0.3, -0.25) is 4.79 Å². The molecule has 1 amide bonds. The van der Waals surface area contributed by atoms with Gasteiger partial charge in [0, 0.05) is 11.8 Å². The van der Waals surface area contributed by atoms with Crippen LogP contribution < -0.4 is 5.32 Å². The lowest BCUT2D eigenvalue weighted by molar-refractivity contribution is 0.102. The molecular formula is C13H10ClFN2O. The average molecular weight is 265 g/mol. The van der Waals surface area contributed by atoms with Gasteiger partial charge in [0.25, 0.3) is 5.91 Å². The number of pyridine rings is 1. The van der Waals surface area contributed by atoms with Crippen LogP contribution in [0, 0.1) is 12.7 Å².